The van der Waals surface area contributed by atoms with E-state index >= 15 is 0 Å². The third-order valence-corrected chi connectivity index (χ3v) is 7.15. The highest BCUT2D eigenvalue weighted by atomic mass is 16.5. The molecule has 35 heavy (non-hydrogen) atoms. The van der Waals surface area contributed by atoms with Gasteiger partial charge in [-0.05, 0) is 68.5 Å². The van der Waals surface area contributed by atoms with Crippen LogP contribution < -0.4 is 5.32 Å². The number of aromatic nitrogens is 3. The molecule has 1 atom stereocenters. The van der Waals surface area contributed by atoms with Gasteiger partial charge in [-0.2, -0.15) is 4.98 Å². The van der Waals surface area contributed by atoms with E-state index in [0.29, 0.717) is 30.8 Å². The Morgan fingerprint density at radius 1 is 1.20 bits per heavy atom. The first-order chi connectivity index (χ1) is 17.0. The van der Waals surface area contributed by atoms with E-state index in [1.165, 1.54) is 5.52 Å². The van der Waals surface area contributed by atoms with Gasteiger partial charge in [-0.1, -0.05) is 23.4 Å². The van der Waals surface area contributed by atoms with Gasteiger partial charge in [-0.3, -0.25) is 0 Å². The number of aliphatic hydroxyl groups excluding tert-OH is 1. The standard InChI is InChI=1S/C27H29N5O3/c1-16(2)32-12-11-17-13-18(9-10-24(17)32)26-29-25(30-35-26)22-7-3-6-21-20(22)5-4-8-23(21)28-27(34)31-14-19(33)15-31/h3,6-7,9-13,16,19,23,33H,4-5,8,14-15H2,1-2H3,(H,28,34). The molecule has 2 aromatic carbocycles. The van der Waals surface area contributed by atoms with Crippen molar-refractivity contribution in [2.45, 2.75) is 51.3 Å². The number of β-amino-alcohol motifs (C(OH)–C–C–N with tert-alkyl or cyclic N) is 1. The molecular weight excluding hydrogens is 442 g/mol. The van der Waals surface area contributed by atoms with Crippen LogP contribution in [0.2, 0.25) is 0 Å². The maximum atomic E-state index is 12.6. The highest BCUT2D eigenvalue weighted by Crippen LogP contribution is 2.36. The number of carbonyl (C=O) groups excluding carboxylic acids is 1. The Morgan fingerprint density at radius 3 is 2.86 bits per heavy atom. The maximum absolute atomic E-state index is 12.6. The molecule has 1 unspecified atom stereocenters. The van der Waals surface area contributed by atoms with Crippen LogP contribution in [-0.4, -0.2) is 49.9 Å². The number of carbonyl (C=O) groups is 1. The van der Waals surface area contributed by atoms with Gasteiger partial charge in [0.2, 0.25) is 5.82 Å². The van der Waals surface area contributed by atoms with Gasteiger partial charge in [-0.25, -0.2) is 4.79 Å². The lowest BCUT2D eigenvalue weighted by Gasteiger charge is -2.37. The van der Waals surface area contributed by atoms with Crippen LogP contribution in [0.15, 0.2) is 53.2 Å². The summed E-state index contributed by atoms with van der Waals surface area (Å²) in [6.45, 7) is 5.13. The summed E-state index contributed by atoms with van der Waals surface area (Å²) in [6, 6.07) is 14.6. The average Bonchev–Trinajstić information content (AvgIpc) is 3.49. The Balaban J connectivity index is 1.28. The number of aliphatic hydroxyl groups is 1. The number of amides is 2. The Bertz CT molecular complexity index is 1400. The molecule has 8 nitrogen and oxygen atoms in total. The summed E-state index contributed by atoms with van der Waals surface area (Å²) in [5, 5.41) is 18.1. The third kappa shape index (κ3) is 3.87. The molecule has 2 aromatic heterocycles. The number of nitrogens with zero attached hydrogens (tertiary/aromatic N) is 4. The Morgan fingerprint density at radius 2 is 2.06 bits per heavy atom. The summed E-state index contributed by atoms with van der Waals surface area (Å²) < 4.78 is 7.93. The molecule has 2 amide bonds. The number of hydrogen-bond donors (Lipinski definition) is 2. The van der Waals surface area contributed by atoms with Crippen molar-refractivity contribution in [1.82, 2.24) is 24.9 Å². The molecule has 1 aliphatic carbocycles. The molecule has 4 aromatic rings. The van der Waals surface area contributed by atoms with Crippen LogP contribution in [0, 0.1) is 0 Å². The van der Waals surface area contributed by atoms with Crippen LogP contribution in [0.3, 0.4) is 0 Å². The largest absolute Gasteiger partial charge is 0.389 e. The fourth-order valence-corrected chi connectivity index (χ4v) is 5.27. The summed E-state index contributed by atoms with van der Waals surface area (Å²) in [5.41, 5.74) is 5.28. The predicted octanol–water partition coefficient (Wildman–Crippen LogP) is 4.70. The number of nitrogens with one attached hydrogen (secondary N) is 1. The molecule has 6 rings (SSSR count). The first-order valence-corrected chi connectivity index (χ1v) is 12.3. The van der Waals surface area contributed by atoms with Crippen LogP contribution in [0.4, 0.5) is 4.79 Å². The lowest BCUT2D eigenvalue weighted by atomic mass is 9.84. The van der Waals surface area contributed by atoms with Crippen molar-refractivity contribution in [3.63, 3.8) is 0 Å². The summed E-state index contributed by atoms with van der Waals surface area (Å²) in [6.07, 6.45) is 4.44. The normalized spacial score (nSPS) is 18.1. The second-order valence-corrected chi connectivity index (χ2v) is 9.84. The average molecular weight is 472 g/mol. The van der Waals surface area contributed by atoms with Crippen LogP contribution in [0.5, 0.6) is 0 Å². The Labute approximate surface area is 203 Å². The zero-order chi connectivity index (χ0) is 24.1. The fraction of sp³-hybridized carbons (Fsp3) is 0.370. The summed E-state index contributed by atoms with van der Waals surface area (Å²) in [7, 11) is 0. The highest BCUT2D eigenvalue weighted by Gasteiger charge is 2.32. The number of likely N-dealkylation sites (tertiary alicyclic amines) is 1. The summed E-state index contributed by atoms with van der Waals surface area (Å²) >= 11 is 0. The summed E-state index contributed by atoms with van der Waals surface area (Å²) in [4.78, 5) is 18.9. The number of benzene rings is 2. The van der Waals surface area contributed by atoms with Crippen molar-refractivity contribution in [1.29, 1.82) is 0 Å². The van der Waals surface area contributed by atoms with Crippen LogP contribution in [-0.2, 0) is 6.42 Å². The van der Waals surface area contributed by atoms with E-state index in [-0.39, 0.29) is 12.1 Å². The minimum Gasteiger partial charge on any atom is -0.389 e. The van der Waals surface area contributed by atoms with Gasteiger partial charge in [-0.15, -0.1) is 0 Å². The van der Waals surface area contributed by atoms with E-state index in [4.69, 9.17) is 9.51 Å². The zero-order valence-electron chi connectivity index (χ0n) is 19.9. The molecule has 1 aliphatic heterocycles. The minimum atomic E-state index is -0.408. The molecule has 180 valence electrons. The van der Waals surface area contributed by atoms with E-state index < -0.39 is 6.10 Å². The van der Waals surface area contributed by atoms with E-state index in [0.717, 1.165) is 46.9 Å². The van der Waals surface area contributed by atoms with Crippen molar-refractivity contribution < 1.29 is 14.4 Å². The van der Waals surface area contributed by atoms with Crippen molar-refractivity contribution in [2.24, 2.45) is 0 Å². The molecule has 2 aliphatic rings. The minimum absolute atomic E-state index is 0.0669. The monoisotopic (exact) mass is 471 g/mol. The van der Waals surface area contributed by atoms with Gasteiger partial charge < -0.3 is 24.4 Å². The van der Waals surface area contributed by atoms with Gasteiger partial charge in [0.1, 0.15) is 0 Å². The molecule has 1 saturated heterocycles. The van der Waals surface area contributed by atoms with Gasteiger partial charge in [0.15, 0.2) is 0 Å². The highest BCUT2D eigenvalue weighted by molar-refractivity contribution is 5.84. The quantitative estimate of drug-likeness (QED) is 0.450. The van der Waals surface area contributed by atoms with Crippen molar-refractivity contribution in [3.8, 4) is 22.8 Å². The van der Waals surface area contributed by atoms with Gasteiger partial charge >= 0.3 is 6.03 Å². The van der Waals surface area contributed by atoms with E-state index in [1.54, 1.807) is 4.90 Å². The third-order valence-electron chi connectivity index (χ3n) is 7.15. The molecule has 2 N–H and O–H groups in total. The number of rotatable bonds is 4. The summed E-state index contributed by atoms with van der Waals surface area (Å²) in [5.74, 6) is 1.06. The molecule has 0 saturated carbocycles. The smallest absolute Gasteiger partial charge is 0.318 e. The van der Waals surface area contributed by atoms with Gasteiger partial charge in [0.05, 0.1) is 25.2 Å². The predicted molar refractivity (Wildman–Crippen MR) is 133 cm³/mol. The maximum Gasteiger partial charge on any atom is 0.318 e. The van der Waals surface area contributed by atoms with Crippen LogP contribution in [0.25, 0.3) is 33.7 Å². The van der Waals surface area contributed by atoms with E-state index in [1.807, 2.05) is 18.2 Å². The van der Waals surface area contributed by atoms with Gasteiger partial charge in [0.25, 0.3) is 5.89 Å². The Kier molecular flexibility index (Phi) is 5.33. The van der Waals surface area contributed by atoms with Crippen molar-refractivity contribution in [3.05, 3.63) is 59.8 Å². The first-order valence-electron chi connectivity index (χ1n) is 12.3. The van der Waals surface area contributed by atoms with E-state index in [2.05, 4.69) is 59.4 Å². The van der Waals surface area contributed by atoms with Crippen LogP contribution in [0.1, 0.15) is 49.9 Å². The molecule has 3 heterocycles. The molecule has 1 fully saturated rings. The Hall–Kier alpha value is -3.65. The van der Waals surface area contributed by atoms with E-state index in [9.17, 15) is 9.90 Å². The topological polar surface area (TPSA) is 96.4 Å². The first kappa shape index (κ1) is 21.9. The fourth-order valence-electron chi connectivity index (χ4n) is 5.27. The molecule has 0 radical (unpaired) electrons. The zero-order valence-corrected chi connectivity index (χ0v) is 19.9. The SMILES string of the molecule is CC(C)n1ccc2cc(-c3nc(-c4cccc5c4CCCC5NC(=O)N4CC(O)C4)no3)ccc21. The van der Waals surface area contributed by atoms with Crippen LogP contribution >= 0.6 is 0 Å². The van der Waals surface area contributed by atoms with Gasteiger partial charge in [0, 0.05) is 34.3 Å². The molecule has 0 bridgehead atoms. The number of hydrogen-bond acceptors (Lipinski definition) is 5. The van der Waals surface area contributed by atoms with Crippen molar-refractivity contribution >= 4 is 16.9 Å². The lowest BCUT2D eigenvalue weighted by molar-refractivity contribution is 0.0256. The molecule has 0 spiro atoms. The second-order valence-electron chi connectivity index (χ2n) is 9.84. The number of urea groups is 1. The molecule has 8 heteroatoms. The number of fused-ring (bicyclic) bond motifs is 2. The van der Waals surface area contributed by atoms with Crippen molar-refractivity contribution in [2.75, 3.05) is 13.1 Å². The second kappa shape index (κ2) is 8.53. The lowest BCUT2D eigenvalue weighted by Crippen LogP contribution is -2.57. The molecular formula is C27H29N5O3.